The van der Waals surface area contributed by atoms with Gasteiger partial charge in [0.1, 0.15) is 6.61 Å². The van der Waals surface area contributed by atoms with Gasteiger partial charge in [0.2, 0.25) is 6.61 Å². The zero-order valence-corrected chi connectivity index (χ0v) is 2.93. The number of hydrogen-bond donors (Lipinski definition) is 0. The first-order valence-corrected chi connectivity index (χ1v) is 1.46. The van der Waals surface area contributed by atoms with Crippen LogP contribution in [-0.2, 0) is 9.47 Å². The fraction of sp³-hybridized carbons (Fsp3) is 0.333. The summed E-state index contributed by atoms with van der Waals surface area (Å²) in [7, 11) is 0. The van der Waals surface area contributed by atoms with Gasteiger partial charge in [-0.3, -0.25) is 0 Å². The van der Waals surface area contributed by atoms with E-state index in [1.807, 2.05) is 0 Å². The van der Waals surface area contributed by atoms with E-state index in [-0.39, 0.29) is 6.61 Å². The van der Waals surface area contributed by atoms with E-state index in [0.29, 0.717) is 0 Å². The average molecular weight is 86.0 g/mol. The van der Waals surface area contributed by atoms with Crippen molar-refractivity contribution >= 4 is 6.16 Å². The third-order valence-electron chi connectivity index (χ3n) is 0.404. The van der Waals surface area contributed by atoms with E-state index in [4.69, 9.17) is 0 Å². The van der Waals surface area contributed by atoms with Gasteiger partial charge in [-0.2, -0.15) is 0 Å². The molecule has 0 unspecified atom stereocenters. The van der Waals surface area contributed by atoms with E-state index in [1.54, 1.807) is 0 Å². The summed E-state index contributed by atoms with van der Waals surface area (Å²) in [4.78, 5) is 9.74. The van der Waals surface area contributed by atoms with Crippen LogP contribution in [-0.4, -0.2) is 12.8 Å². The van der Waals surface area contributed by atoms with E-state index in [0.717, 1.165) is 0 Å². The number of carbonyl (C=O) groups excluding carboxylic acids is 1. The molecule has 3 heteroatoms. The van der Waals surface area contributed by atoms with Crippen molar-refractivity contribution in [2.24, 2.45) is 0 Å². The van der Waals surface area contributed by atoms with Gasteiger partial charge in [0.25, 0.3) is 0 Å². The molecule has 0 saturated carbocycles. The molecule has 2 radical (unpaired) electrons. The Morgan fingerprint density at radius 2 is 2.67 bits per heavy atom. The minimum absolute atomic E-state index is 0.166. The Bertz CT molecular complexity index is 60.4. The van der Waals surface area contributed by atoms with Crippen molar-refractivity contribution in [3.05, 3.63) is 6.61 Å². The quantitative estimate of drug-likeness (QED) is 0.395. The van der Waals surface area contributed by atoms with Gasteiger partial charge in [-0.05, 0) is 0 Å². The highest BCUT2D eigenvalue weighted by atomic mass is 16.8. The number of hydrogen-bond acceptors (Lipinski definition) is 3. The Labute approximate surface area is 34.9 Å². The maximum absolute atomic E-state index is 9.74. The molecule has 3 nitrogen and oxygen atoms in total. The van der Waals surface area contributed by atoms with Gasteiger partial charge in [-0.15, -0.1) is 0 Å². The fourth-order valence-electron chi connectivity index (χ4n) is 0.206. The summed E-state index contributed by atoms with van der Waals surface area (Å²) < 4.78 is 8.22. The summed E-state index contributed by atoms with van der Waals surface area (Å²) in [6.07, 6.45) is -0.657. The van der Waals surface area contributed by atoms with E-state index >= 15 is 0 Å². The first kappa shape index (κ1) is 3.46. The molecule has 1 fully saturated rings. The van der Waals surface area contributed by atoms with Crippen LogP contribution in [0.25, 0.3) is 0 Å². The molecule has 0 atom stereocenters. The van der Waals surface area contributed by atoms with Crippen LogP contribution >= 0.6 is 0 Å². The van der Waals surface area contributed by atoms with E-state index < -0.39 is 6.16 Å². The minimum Gasteiger partial charge on any atom is -0.430 e. The lowest BCUT2D eigenvalue weighted by molar-refractivity contribution is 0.135. The molecule has 0 N–H and O–H groups in total. The lowest BCUT2D eigenvalue weighted by Gasteiger charge is -1.78. The normalized spacial score (nSPS) is 19.7. The Morgan fingerprint density at radius 3 is 2.83 bits per heavy atom. The molecular weight excluding hydrogens is 84.0 g/mol. The summed E-state index contributed by atoms with van der Waals surface area (Å²) in [5, 5.41) is 0. The van der Waals surface area contributed by atoms with Crippen molar-refractivity contribution in [2.75, 3.05) is 6.61 Å². The first-order chi connectivity index (χ1) is 2.89. The zero-order valence-electron chi connectivity index (χ0n) is 2.93. The van der Waals surface area contributed by atoms with Crippen molar-refractivity contribution in [2.45, 2.75) is 0 Å². The van der Waals surface area contributed by atoms with Gasteiger partial charge in [0, 0.05) is 0 Å². The van der Waals surface area contributed by atoms with E-state index in [2.05, 4.69) is 16.1 Å². The van der Waals surface area contributed by atoms with Crippen LogP contribution < -0.4 is 0 Å². The average Bonchev–Trinajstić information content (AvgIpc) is 1.86. The monoisotopic (exact) mass is 86.0 g/mol. The van der Waals surface area contributed by atoms with Crippen LogP contribution in [0.15, 0.2) is 0 Å². The van der Waals surface area contributed by atoms with Gasteiger partial charge in [-0.1, -0.05) is 0 Å². The Balaban J connectivity index is 2.37. The highest BCUT2D eigenvalue weighted by molar-refractivity contribution is 5.62. The smallest absolute Gasteiger partial charge is 0.430 e. The molecule has 0 spiro atoms. The van der Waals surface area contributed by atoms with Crippen LogP contribution in [0.3, 0.4) is 0 Å². The molecule has 0 bridgehead atoms. The van der Waals surface area contributed by atoms with Crippen LogP contribution in [0.5, 0.6) is 0 Å². The maximum Gasteiger partial charge on any atom is 0.509 e. The molecule has 1 aliphatic heterocycles. The van der Waals surface area contributed by atoms with Crippen molar-refractivity contribution in [3.63, 3.8) is 0 Å². The summed E-state index contributed by atoms with van der Waals surface area (Å²) in [6, 6.07) is 0. The molecule has 0 aromatic carbocycles. The van der Waals surface area contributed by atoms with Crippen LogP contribution in [0, 0.1) is 6.61 Å². The largest absolute Gasteiger partial charge is 0.509 e. The molecular formula is C3H2O3. The topological polar surface area (TPSA) is 35.5 Å². The molecule has 32 valence electrons. The zero-order chi connectivity index (χ0) is 4.41. The minimum atomic E-state index is -0.657. The number of ether oxygens (including phenoxy) is 2. The summed E-state index contributed by atoms with van der Waals surface area (Å²) in [6.45, 7) is 2.37. The third kappa shape index (κ3) is 0.429. The number of carbonyl (C=O) groups is 1. The predicted octanol–water partition coefficient (Wildman–Crippen LogP) is 0.192. The second kappa shape index (κ2) is 1.16. The van der Waals surface area contributed by atoms with Crippen molar-refractivity contribution in [1.29, 1.82) is 0 Å². The van der Waals surface area contributed by atoms with Crippen molar-refractivity contribution in [3.8, 4) is 0 Å². The van der Waals surface area contributed by atoms with Crippen molar-refractivity contribution in [1.82, 2.24) is 0 Å². The summed E-state index contributed by atoms with van der Waals surface area (Å²) in [5.74, 6) is 0. The molecule has 0 aliphatic carbocycles. The lowest BCUT2D eigenvalue weighted by atomic mass is 10.8. The summed E-state index contributed by atoms with van der Waals surface area (Å²) >= 11 is 0. The molecule has 1 aliphatic rings. The third-order valence-corrected chi connectivity index (χ3v) is 0.404. The Morgan fingerprint density at radius 1 is 1.83 bits per heavy atom. The lowest BCUT2D eigenvalue weighted by Crippen LogP contribution is -1.88. The molecule has 6 heavy (non-hydrogen) atoms. The Hall–Kier alpha value is -0.730. The van der Waals surface area contributed by atoms with Crippen LogP contribution in [0.1, 0.15) is 0 Å². The molecule has 0 aromatic heterocycles. The maximum atomic E-state index is 9.74. The Kier molecular flexibility index (Phi) is 0.670. The highest BCUT2D eigenvalue weighted by Crippen LogP contribution is 1.97. The second-order valence-electron chi connectivity index (χ2n) is 0.785. The molecule has 0 aromatic rings. The van der Waals surface area contributed by atoms with Crippen LogP contribution in [0.4, 0.5) is 4.79 Å². The molecule has 1 heterocycles. The van der Waals surface area contributed by atoms with E-state index in [9.17, 15) is 4.79 Å². The van der Waals surface area contributed by atoms with Gasteiger partial charge in [-0.25, -0.2) is 4.79 Å². The van der Waals surface area contributed by atoms with Gasteiger partial charge in [0.05, 0.1) is 0 Å². The SMILES string of the molecule is O=C1O[C]CO1. The summed E-state index contributed by atoms with van der Waals surface area (Å²) in [5.41, 5.74) is 0. The van der Waals surface area contributed by atoms with E-state index in [1.165, 1.54) is 0 Å². The standard InChI is InChI=1S/C3H2O3/c4-3-5-1-2-6-3/h1H2. The van der Waals surface area contributed by atoms with Gasteiger partial charge >= 0.3 is 6.16 Å². The highest BCUT2D eigenvalue weighted by Gasteiger charge is 2.11. The van der Waals surface area contributed by atoms with Crippen LogP contribution in [0.2, 0.25) is 0 Å². The predicted molar refractivity (Wildman–Crippen MR) is 15.7 cm³/mol. The van der Waals surface area contributed by atoms with Gasteiger partial charge in [0.15, 0.2) is 0 Å². The molecule has 1 saturated heterocycles. The number of cyclic esters (lactones) is 2. The molecule has 1 rings (SSSR count). The first-order valence-electron chi connectivity index (χ1n) is 1.46. The number of rotatable bonds is 0. The van der Waals surface area contributed by atoms with Crippen molar-refractivity contribution < 1.29 is 14.3 Å². The van der Waals surface area contributed by atoms with Gasteiger partial charge < -0.3 is 9.47 Å². The molecule has 0 amide bonds. The second-order valence-corrected chi connectivity index (χ2v) is 0.785. The fourth-order valence-corrected chi connectivity index (χ4v) is 0.206.